The van der Waals surface area contributed by atoms with Gasteiger partial charge in [-0.2, -0.15) is 0 Å². The molecule has 17 heavy (non-hydrogen) atoms. The Kier molecular flexibility index (Phi) is 3.33. The second-order valence-electron chi connectivity index (χ2n) is 4.44. The van der Waals surface area contributed by atoms with Crippen molar-refractivity contribution in [2.75, 3.05) is 5.73 Å². The van der Waals surface area contributed by atoms with Crippen LogP contribution in [0.25, 0.3) is 11.4 Å². The van der Waals surface area contributed by atoms with Gasteiger partial charge in [0.15, 0.2) is 5.82 Å². The van der Waals surface area contributed by atoms with E-state index in [0.29, 0.717) is 16.6 Å². The number of nitrogen functional groups attached to an aromatic ring is 1. The molecule has 1 aromatic heterocycles. The lowest BCUT2D eigenvalue weighted by molar-refractivity contribution is 0.525. The zero-order chi connectivity index (χ0) is 12.4. The molecular weight excluding hydrogens is 236 g/mol. The molecule has 5 heteroatoms. The van der Waals surface area contributed by atoms with Crippen molar-refractivity contribution in [2.45, 2.75) is 20.4 Å². The molecule has 0 saturated heterocycles. The maximum Gasteiger partial charge on any atom is 0.163 e. The van der Waals surface area contributed by atoms with Gasteiger partial charge in [0.2, 0.25) is 0 Å². The Hall–Kier alpha value is -1.55. The molecule has 0 saturated carbocycles. The molecule has 0 bridgehead atoms. The summed E-state index contributed by atoms with van der Waals surface area (Å²) >= 11 is 6.01. The first kappa shape index (κ1) is 11.9. The Labute approximate surface area is 105 Å². The van der Waals surface area contributed by atoms with E-state index in [9.17, 15) is 0 Å². The summed E-state index contributed by atoms with van der Waals surface area (Å²) in [6, 6.07) is 5.51. The smallest absolute Gasteiger partial charge is 0.163 e. The molecular formula is C12H15ClN4. The number of hydrogen-bond acceptors (Lipinski definition) is 3. The molecule has 0 atom stereocenters. The minimum absolute atomic E-state index is 0.536. The third-order valence-corrected chi connectivity index (χ3v) is 2.76. The summed E-state index contributed by atoms with van der Waals surface area (Å²) in [7, 11) is 0. The summed E-state index contributed by atoms with van der Waals surface area (Å²) in [5, 5.41) is 8.61. The van der Waals surface area contributed by atoms with Crippen LogP contribution < -0.4 is 5.73 Å². The van der Waals surface area contributed by atoms with Gasteiger partial charge in [-0.3, -0.25) is 0 Å². The Morgan fingerprint density at radius 1 is 1.41 bits per heavy atom. The van der Waals surface area contributed by atoms with Crippen molar-refractivity contribution < 1.29 is 0 Å². The summed E-state index contributed by atoms with van der Waals surface area (Å²) in [5.41, 5.74) is 7.19. The van der Waals surface area contributed by atoms with Crippen LogP contribution in [-0.4, -0.2) is 14.8 Å². The van der Waals surface area contributed by atoms with E-state index < -0.39 is 0 Å². The number of aromatic nitrogens is 3. The summed E-state index contributed by atoms with van der Waals surface area (Å²) < 4.78 is 2.02. The fraction of sp³-hybridized carbons (Fsp3) is 0.333. The van der Waals surface area contributed by atoms with E-state index in [0.717, 1.165) is 17.9 Å². The van der Waals surface area contributed by atoms with Crippen LogP contribution in [0, 0.1) is 5.92 Å². The van der Waals surface area contributed by atoms with Gasteiger partial charge in [-0.15, -0.1) is 10.2 Å². The van der Waals surface area contributed by atoms with Crippen molar-refractivity contribution in [1.82, 2.24) is 14.8 Å². The summed E-state index contributed by atoms with van der Waals surface area (Å²) in [4.78, 5) is 0. The standard InChI is InChI=1S/C12H15ClN4/c1-8(2)6-17-7-15-16-12(17)9-3-4-11(14)10(13)5-9/h3-5,7-8H,6,14H2,1-2H3. The number of hydrogen-bond donors (Lipinski definition) is 1. The van der Waals surface area contributed by atoms with Crippen LogP contribution in [0.1, 0.15) is 13.8 Å². The molecule has 4 nitrogen and oxygen atoms in total. The third-order valence-electron chi connectivity index (χ3n) is 2.44. The summed E-state index contributed by atoms with van der Waals surface area (Å²) in [5.74, 6) is 1.36. The highest BCUT2D eigenvalue weighted by atomic mass is 35.5. The number of benzene rings is 1. The molecule has 2 N–H and O–H groups in total. The first-order valence-corrected chi connectivity index (χ1v) is 5.89. The fourth-order valence-electron chi connectivity index (χ4n) is 1.67. The molecule has 0 unspecified atom stereocenters. The van der Waals surface area contributed by atoms with Crippen molar-refractivity contribution in [2.24, 2.45) is 5.92 Å². The molecule has 2 rings (SSSR count). The largest absolute Gasteiger partial charge is 0.398 e. The molecule has 2 aromatic rings. The van der Waals surface area contributed by atoms with Gasteiger partial charge < -0.3 is 10.3 Å². The van der Waals surface area contributed by atoms with Crippen molar-refractivity contribution in [3.05, 3.63) is 29.5 Å². The van der Waals surface area contributed by atoms with E-state index in [4.69, 9.17) is 17.3 Å². The average Bonchev–Trinajstić information content (AvgIpc) is 2.69. The molecule has 90 valence electrons. The second-order valence-corrected chi connectivity index (χ2v) is 4.84. The van der Waals surface area contributed by atoms with Gasteiger partial charge in [0.1, 0.15) is 6.33 Å². The van der Waals surface area contributed by atoms with Gasteiger partial charge >= 0.3 is 0 Å². The predicted molar refractivity (Wildman–Crippen MR) is 69.7 cm³/mol. The molecule has 0 aliphatic carbocycles. The lowest BCUT2D eigenvalue weighted by atomic mass is 10.1. The Balaban J connectivity index is 2.39. The van der Waals surface area contributed by atoms with Crippen molar-refractivity contribution in [1.29, 1.82) is 0 Å². The van der Waals surface area contributed by atoms with E-state index in [1.165, 1.54) is 0 Å². The maximum atomic E-state index is 6.01. The van der Waals surface area contributed by atoms with Crippen LogP contribution >= 0.6 is 11.6 Å². The van der Waals surface area contributed by atoms with Crippen LogP contribution in [-0.2, 0) is 6.54 Å². The molecule has 0 spiro atoms. The van der Waals surface area contributed by atoms with E-state index in [-0.39, 0.29) is 0 Å². The Morgan fingerprint density at radius 3 is 2.82 bits per heavy atom. The van der Waals surface area contributed by atoms with Gasteiger partial charge in [-0.25, -0.2) is 0 Å². The highest BCUT2D eigenvalue weighted by Gasteiger charge is 2.09. The van der Waals surface area contributed by atoms with E-state index >= 15 is 0 Å². The summed E-state index contributed by atoms with van der Waals surface area (Å²) in [6.45, 7) is 5.18. The number of anilines is 1. The van der Waals surface area contributed by atoms with E-state index in [2.05, 4.69) is 24.0 Å². The minimum Gasteiger partial charge on any atom is -0.398 e. The zero-order valence-corrected chi connectivity index (χ0v) is 10.6. The Morgan fingerprint density at radius 2 is 2.18 bits per heavy atom. The topological polar surface area (TPSA) is 56.7 Å². The number of halogens is 1. The SMILES string of the molecule is CC(C)Cn1cnnc1-c1ccc(N)c(Cl)c1. The molecule has 1 aromatic carbocycles. The van der Waals surface area contributed by atoms with Crippen LogP contribution in [0.4, 0.5) is 5.69 Å². The van der Waals surface area contributed by atoms with Crippen molar-refractivity contribution >= 4 is 17.3 Å². The lowest BCUT2D eigenvalue weighted by Gasteiger charge is -2.09. The zero-order valence-electron chi connectivity index (χ0n) is 9.89. The fourth-order valence-corrected chi connectivity index (χ4v) is 1.85. The minimum atomic E-state index is 0.536. The normalized spacial score (nSPS) is 11.1. The lowest BCUT2D eigenvalue weighted by Crippen LogP contribution is -2.05. The van der Waals surface area contributed by atoms with Gasteiger partial charge in [-0.1, -0.05) is 25.4 Å². The van der Waals surface area contributed by atoms with Crippen LogP contribution in [0.15, 0.2) is 24.5 Å². The second kappa shape index (κ2) is 4.75. The van der Waals surface area contributed by atoms with Crippen LogP contribution in [0.5, 0.6) is 0 Å². The first-order chi connectivity index (χ1) is 8.08. The Bertz CT molecular complexity index is 519. The number of rotatable bonds is 3. The molecule has 0 amide bonds. The van der Waals surface area contributed by atoms with Crippen LogP contribution in [0.3, 0.4) is 0 Å². The van der Waals surface area contributed by atoms with Crippen molar-refractivity contribution in [3.8, 4) is 11.4 Å². The predicted octanol–water partition coefficient (Wildman–Crippen LogP) is 2.84. The van der Waals surface area contributed by atoms with Gasteiger partial charge in [0.05, 0.1) is 10.7 Å². The number of nitrogens with zero attached hydrogens (tertiary/aromatic N) is 3. The molecule has 1 heterocycles. The molecule has 0 aliphatic heterocycles. The van der Waals surface area contributed by atoms with Gasteiger partial charge in [0.25, 0.3) is 0 Å². The molecule has 0 aliphatic rings. The quantitative estimate of drug-likeness (QED) is 0.853. The monoisotopic (exact) mass is 250 g/mol. The van der Waals surface area contributed by atoms with Gasteiger partial charge in [-0.05, 0) is 24.1 Å². The van der Waals surface area contributed by atoms with Crippen molar-refractivity contribution in [3.63, 3.8) is 0 Å². The first-order valence-electron chi connectivity index (χ1n) is 5.51. The third kappa shape index (κ3) is 2.58. The highest BCUT2D eigenvalue weighted by Crippen LogP contribution is 2.25. The van der Waals surface area contributed by atoms with Crippen LogP contribution in [0.2, 0.25) is 5.02 Å². The maximum absolute atomic E-state index is 6.01. The highest BCUT2D eigenvalue weighted by molar-refractivity contribution is 6.33. The van der Waals surface area contributed by atoms with E-state index in [1.807, 2.05) is 16.7 Å². The van der Waals surface area contributed by atoms with E-state index in [1.54, 1.807) is 12.4 Å². The molecule has 0 radical (unpaired) electrons. The van der Waals surface area contributed by atoms with Gasteiger partial charge in [0, 0.05) is 12.1 Å². The average molecular weight is 251 g/mol. The number of nitrogens with two attached hydrogens (primary N) is 1. The molecule has 0 fully saturated rings. The summed E-state index contributed by atoms with van der Waals surface area (Å²) in [6.07, 6.45) is 1.74.